The van der Waals surface area contributed by atoms with Crippen molar-refractivity contribution < 1.29 is 9.90 Å². The third-order valence-electron chi connectivity index (χ3n) is 5.75. The molecule has 1 fully saturated rings. The second-order valence-electron chi connectivity index (χ2n) is 8.00. The second-order valence-corrected chi connectivity index (χ2v) is 9.09. The molecule has 1 aromatic heterocycles. The lowest BCUT2D eigenvalue weighted by molar-refractivity contribution is -0.117. The first-order chi connectivity index (χ1) is 15.9. The van der Waals surface area contributed by atoms with Crippen molar-refractivity contribution >= 4 is 29.2 Å². The fraction of sp³-hybridized carbons (Fsp3) is 0.417. The number of carbonyl (C=O) groups excluding carboxylic acids is 1. The van der Waals surface area contributed by atoms with Crippen LogP contribution in [0, 0.1) is 17.9 Å². The van der Waals surface area contributed by atoms with E-state index in [0.717, 1.165) is 36.8 Å². The maximum absolute atomic E-state index is 12.3. The molecule has 2 aromatic rings. The van der Waals surface area contributed by atoms with Crippen molar-refractivity contribution in [2.45, 2.75) is 36.1 Å². The van der Waals surface area contributed by atoms with Crippen LogP contribution in [0.25, 0.3) is 4.85 Å². The number of rotatable bonds is 9. The summed E-state index contributed by atoms with van der Waals surface area (Å²) in [6.45, 7) is 12.5. The quantitative estimate of drug-likeness (QED) is 0.434. The number of aromatic nitrogens is 1. The van der Waals surface area contributed by atoms with E-state index in [1.165, 1.54) is 0 Å². The summed E-state index contributed by atoms with van der Waals surface area (Å²) < 4.78 is 0. The van der Waals surface area contributed by atoms with Gasteiger partial charge in [0, 0.05) is 33.2 Å². The number of amides is 1. The number of aliphatic hydroxyl groups excluding tert-OH is 1. The number of benzene rings is 1. The number of nitrogens with two attached hydrogens (primary N) is 1. The van der Waals surface area contributed by atoms with Crippen LogP contribution in [0.5, 0.6) is 0 Å². The van der Waals surface area contributed by atoms with Crippen LogP contribution in [-0.2, 0) is 11.2 Å². The van der Waals surface area contributed by atoms with Gasteiger partial charge in [-0.25, -0.2) is 9.83 Å². The highest BCUT2D eigenvalue weighted by atomic mass is 32.2. The molecule has 9 heteroatoms. The van der Waals surface area contributed by atoms with E-state index in [1.807, 2.05) is 49.2 Å². The standard InChI is InChI=1S/C24H28N6O2S/c1-4-18-19(14-25)24(33-21(22(26)32)16-8-6-5-7-9-16)28-23(20(18)27-2)29(3)12-13-30-11-10-17(31)15-30/h5-9,17,21,31H,4,10-13,15H2,1,3H3,(H2,26,32)/t17-,21?/m1/s1. The van der Waals surface area contributed by atoms with Gasteiger partial charge in [0.15, 0.2) is 0 Å². The number of likely N-dealkylation sites (tertiary alicyclic amines) is 1. The smallest absolute Gasteiger partial charge is 0.235 e. The van der Waals surface area contributed by atoms with Crippen molar-refractivity contribution in [3.8, 4) is 6.07 Å². The molecule has 1 unspecified atom stereocenters. The molecule has 3 rings (SSSR count). The normalized spacial score (nSPS) is 16.7. The van der Waals surface area contributed by atoms with Crippen LogP contribution < -0.4 is 10.6 Å². The lowest BCUT2D eigenvalue weighted by Crippen LogP contribution is -2.33. The van der Waals surface area contributed by atoms with Gasteiger partial charge in [0.2, 0.25) is 11.6 Å². The van der Waals surface area contributed by atoms with Crippen molar-refractivity contribution in [3.05, 3.63) is 58.4 Å². The Bertz CT molecular complexity index is 1080. The van der Waals surface area contributed by atoms with Gasteiger partial charge >= 0.3 is 0 Å². The molecule has 1 amide bonds. The minimum Gasteiger partial charge on any atom is -0.392 e. The van der Waals surface area contributed by atoms with Crippen LogP contribution in [0.1, 0.15) is 35.3 Å². The van der Waals surface area contributed by atoms with Gasteiger partial charge in [-0.2, -0.15) is 5.26 Å². The summed E-state index contributed by atoms with van der Waals surface area (Å²) in [7, 11) is 1.87. The molecule has 0 spiro atoms. The summed E-state index contributed by atoms with van der Waals surface area (Å²) in [5, 5.41) is 19.4. The number of likely N-dealkylation sites (N-methyl/N-ethyl adjacent to an activating group) is 1. The van der Waals surface area contributed by atoms with E-state index in [9.17, 15) is 15.2 Å². The Labute approximate surface area is 198 Å². The van der Waals surface area contributed by atoms with E-state index in [2.05, 4.69) is 15.8 Å². The average molecular weight is 465 g/mol. The van der Waals surface area contributed by atoms with Gasteiger partial charge in [-0.05, 0) is 24.0 Å². The molecule has 0 bridgehead atoms. The molecule has 172 valence electrons. The zero-order chi connectivity index (χ0) is 24.0. The zero-order valence-corrected chi connectivity index (χ0v) is 19.7. The number of thioether (sulfide) groups is 1. The molecule has 1 aromatic carbocycles. The molecule has 1 aliphatic heterocycles. The number of primary amides is 1. The molecule has 2 atom stereocenters. The zero-order valence-electron chi connectivity index (χ0n) is 18.9. The van der Waals surface area contributed by atoms with E-state index in [0.29, 0.717) is 47.2 Å². The Morgan fingerprint density at radius 2 is 2.21 bits per heavy atom. The third-order valence-corrected chi connectivity index (χ3v) is 7.01. The van der Waals surface area contributed by atoms with Gasteiger partial charge in [0.05, 0.1) is 18.2 Å². The number of nitrogens with zero attached hydrogens (tertiary/aromatic N) is 5. The molecule has 0 radical (unpaired) electrons. The summed E-state index contributed by atoms with van der Waals surface area (Å²) >= 11 is 1.14. The van der Waals surface area contributed by atoms with Crippen molar-refractivity contribution in [2.24, 2.45) is 5.73 Å². The molecule has 0 saturated carbocycles. The molecule has 1 aliphatic rings. The number of pyridine rings is 1. The predicted molar refractivity (Wildman–Crippen MR) is 129 cm³/mol. The van der Waals surface area contributed by atoms with Crippen LogP contribution in [-0.4, -0.2) is 60.2 Å². The summed E-state index contributed by atoms with van der Waals surface area (Å²) in [4.78, 5) is 24.8. The molecule has 8 nitrogen and oxygen atoms in total. The van der Waals surface area contributed by atoms with E-state index in [4.69, 9.17) is 17.3 Å². The Balaban J connectivity index is 1.98. The number of hydrogen-bond acceptors (Lipinski definition) is 7. The van der Waals surface area contributed by atoms with Gasteiger partial charge < -0.3 is 15.7 Å². The maximum Gasteiger partial charge on any atom is 0.235 e. The van der Waals surface area contributed by atoms with Crippen molar-refractivity contribution in [2.75, 3.05) is 38.1 Å². The van der Waals surface area contributed by atoms with Crippen molar-refractivity contribution in [3.63, 3.8) is 0 Å². The molecular weight excluding hydrogens is 436 g/mol. The fourth-order valence-electron chi connectivity index (χ4n) is 3.96. The fourth-order valence-corrected chi connectivity index (χ4v) is 5.02. The van der Waals surface area contributed by atoms with E-state index < -0.39 is 11.2 Å². The summed E-state index contributed by atoms with van der Waals surface area (Å²) in [5.74, 6) is -0.0360. The molecule has 2 heterocycles. The summed E-state index contributed by atoms with van der Waals surface area (Å²) in [6, 6.07) is 11.4. The van der Waals surface area contributed by atoms with E-state index in [1.54, 1.807) is 0 Å². The highest BCUT2D eigenvalue weighted by molar-refractivity contribution is 8.00. The number of aliphatic hydroxyl groups is 1. The SMILES string of the molecule is [C-]#[N+]c1c(N(C)CCN2CC[C@@H](O)C2)nc(SC(C(N)=O)c2ccccc2)c(C#N)c1CC. The van der Waals surface area contributed by atoms with Crippen LogP contribution in [0.2, 0.25) is 0 Å². The molecule has 3 N–H and O–H groups in total. The van der Waals surface area contributed by atoms with Gasteiger partial charge in [-0.15, -0.1) is 0 Å². The number of β-amino-alcohol motifs (C(OH)–C–C–N with tert-alkyl or cyclic N) is 1. The Hall–Kier alpha value is -3.11. The van der Waals surface area contributed by atoms with Gasteiger partial charge in [0.25, 0.3) is 0 Å². The summed E-state index contributed by atoms with van der Waals surface area (Å²) in [6.07, 6.45) is 0.962. The highest BCUT2D eigenvalue weighted by Gasteiger charge is 2.27. The van der Waals surface area contributed by atoms with Crippen LogP contribution in [0.4, 0.5) is 11.5 Å². The Morgan fingerprint density at radius 3 is 2.76 bits per heavy atom. The van der Waals surface area contributed by atoms with Gasteiger partial charge in [0.1, 0.15) is 22.2 Å². The Morgan fingerprint density at radius 1 is 1.48 bits per heavy atom. The number of nitriles is 1. The third kappa shape index (κ3) is 5.63. The Kier molecular flexibility index (Phi) is 8.29. The number of hydrogen-bond donors (Lipinski definition) is 2. The van der Waals surface area contributed by atoms with E-state index >= 15 is 0 Å². The van der Waals surface area contributed by atoms with Crippen LogP contribution in [0.3, 0.4) is 0 Å². The largest absolute Gasteiger partial charge is 0.392 e. The molecule has 1 saturated heterocycles. The predicted octanol–water partition coefficient (Wildman–Crippen LogP) is 2.89. The molecule has 0 aliphatic carbocycles. The first kappa shape index (κ1) is 24.5. The average Bonchev–Trinajstić information content (AvgIpc) is 3.25. The highest BCUT2D eigenvalue weighted by Crippen LogP contribution is 2.42. The first-order valence-electron chi connectivity index (χ1n) is 10.9. The lowest BCUT2D eigenvalue weighted by Gasteiger charge is -2.25. The van der Waals surface area contributed by atoms with Crippen LogP contribution >= 0.6 is 11.8 Å². The molecule has 33 heavy (non-hydrogen) atoms. The van der Waals surface area contributed by atoms with Crippen molar-refractivity contribution in [1.82, 2.24) is 9.88 Å². The monoisotopic (exact) mass is 464 g/mol. The minimum absolute atomic E-state index is 0.291. The van der Waals surface area contributed by atoms with E-state index in [-0.39, 0.29) is 6.10 Å². The van der Waals surface area contributed by atoms with Gasteiger partial charge in [-0.3, -0.25) is 9.69 Å². The minimum atomic E-state index is -0.710. The first-order valence-corrected chi connectivity index (χ1v) is 11.7. The molecular formula is C24H28N6O2S. The maximum atomic E-state index is 12.3. The number of carbonyl (C=O) groups is 1. The van der Waals surface area contributed by atoms with Crippen LogP contribution in [0.15, 0.2) is 35.4 Å². The van der Waals surface area contributed by atoms with Gasteiger partial charge in [-0.1, -0.05) is 49.0 Å². The topological polar surface area (TPSA) is 111 Å². The lowest BCUT2D eigenvalue weighted by atomic mass is 10.1. The second kappa shape index (κ2) is 11.2. The van der Waals surface area contributed by atoms with Crippen molar-refractivity contribution in [1.29, 1.82) is 5.26 Å². The number of anilines is 1. The summed E-state index contributed by atoms with van der Waals surface area (Å²) in [5.41, 5.74) is 7.74.